The van der Waals surface area contributed by atoms with Crippen LogP contribution < -0.4 is 10.1 Å². The van der Waals surface area contributed by atoms with Crippen molar-refractivity contribution >= 4 is 35.2 Å². The molecule has 0 spiro atoms. The number of nitrogens with one attached hydrogen (secondary N) is 1. The summed E-state index contributed by atoms with van der Waals surface area (Å²) in [6, 6.07) is 14.7. The molecule has 5 nitrogen and oxygen atoms in total. The van der Waals surface area contributed by atoms with Crippen LogP contribution in [0.3, 0.4) is 0 Å². The number of ether oxygens (including phenoxy) is 1. The molecule has 0 heterocycles. The first-order valence-corrected chi connectivity index (χ1v) is 12.5. The van der Waals surface area contributed by atoms with E-state index < -0.39 is 6.04 Å². The molecule has 2 amide bonds. The summed E-state index contributed by atoms with van der Waals surface area (Å²) < 4.78 is 5.32. The number of carbonyl (C=O) groups excluding carboxylic acids is 2. The van der Waals surface area contributed by atoms with Crippen LogP contribution in [0.2, 0.25) is 5.02 Å². The highest BCUT2D eigenvalue weighted by atomic mass is 35.5. The molecule has 2 rings (SSSR count). The molecule has 0 radical (unpaired) electrons. The Morgan fingerprint density at radius 3 is 2.53 bits per heavy atom. The number of hydrogen-bond donors (Lipinski definition) is 1. The molecule has 0 saturated heterocycles. The van der Waals surface area contributed by atoms with Crippen molar-refractivity contribution in [1.82, 2.24) is 10.2 Å². The van der Waals surface area contributed by atoms with Crippen LogP contribution in [-0.4, -0.2) is 42.2 Å². The van der Waals surface area contributed by atoms with Gasteiger partial charge in [-0.25, -0.2) is 0 Å². The molecule has 7 heteroatoms. The maximum atomic E-state index is 13.3. The Labute approximate surface area is 200 Å². The summed E-state index contributed by atoms with van der Waals surface area (Å²) >= 11 is 7.49. The fourth-order valence-electron chi connectivity index (χ4n) is 3.31. The highest BCUT2D eigenvalue weighted by Gasteiger charge is 2.28. The van der Waals surface area contributed by atoms with Crippen molar-refractivity contribution in [3.8, 4) is 5.75 Å². The van der Waals surface area contributed by atoms with Gasteiger partial charge in [0.25, 0.3) is 0 Å². The minimum absolute atomic E-state index is 0.0516. The fourth-order valence-corrected chi connectivity index (χ4v) is 4.31. The lowest BCUT2D eigenvalue weighted by Crippen LogP contribution is -2.49. The molecule has 0 aliphatic rings. The van der Waals surface area contributed by atoms with Crippen molar-refractivity contribution < 1.29 is 14.3 Å². The number of thioether (sulfide) groups is 1. The molecule has 0 aliphatic carbocycles. The maximum absolute atomic E-state index is 13.3. The fraction of sp³-hybridized carbons (Fsp3) is 0.440. The minimum Gasteiger partial charge on any atom is -0.497 e. The molecule has 0 saturated carbocycles. The van der Waals surface area contributed by atoms with E-state index >= 15 is 0 Å². The van der Waals surface area contributed by atoms with E-state index in [1.807, 2.05) is 55.5 Å². The van der Waals surface area contributed by atoms with Crippen molar-refractivity contribution in [2.24, 2.45) is 0 Å². The van der Waals surface area contributed by atoms with Gasteiger partial charge in [0.2, 0.25) is 11.8 Å². The molecule has 0 bridgehead atoms. The summed E-state index contributed by atoms with van der Waals surface area (Å²) in [5.41, 5.74) is 2.04. The summed E-state index contributed by atoms with van der Waals surface area (Å²) in [6.07, 6.45) is 2.48. The summed E-state index contributed by atoms with van der Waals surface area (Å²) in [5.74, 6) is 1.58. The van der Waals surface area contributed by atoms with E-state index in [1.54, 1.807) is 12.0 Å². The average Bonchev–Trinajstić information content (AvgIpc) is 2.80. The number of benzene rings is 2. The van der Waals surface area contributed by atoms with Gasteiger partial charge in [-0.2, -0.15) is 0 Å². The van der Waals surface area contributed by atoms with E-state index in [9.17, 15) is 9.59 Å². The summed E-state index contributed by atoms with van der Waals surface area (Å²) in [4.78, 5) is 27.8. The van der Waals surface area contributed by atoms with Crippen LogP contribution in [0.4, 0.5) is 0 Å². The van der Waals surface area contributed by atoms with Gasteiger partial charge < -0.3 is 15.0 Å². The van der Waals surface area contributed by atoms with E-state index in [0.29, 0.717) is 36.0 Å². The number of carbonyl (C=O) groups is 2. The second kappa shape index (κ2) is 14.1. The van der Waals surface area contributed by atoms with Gasteiger partial charge in [-0.15, -0.1) is 11.8 Å². The normalized spacial score (nSPS) is 11.6. The average molecular weight is 477 g/mol. The zero-order chi connectivity index (χ0) is 23.3. The number of unbranched alkanes of at least 4 members (excludes halogenated alkanes) is 1. The third kappa shape index (κ3) is 8.40. The first kappa shape index (κ1) is 26.1. The van der Waals surface area contributed by atoms with Gasteiger partial charge in [-0.05, 0) is 48.2 Å². The minimum atomic E-state index is -0.512. The van der Waals surface area contributed by atoms with Gasteiger partial charge in [0.1, 0.15) is 11.8 Å². The quantitative estimate of drug-likeness (QED) is 0.398. The van der Waals surface area contributed by atoms with Crippen LogP contribution in [0, 0.1) is 0 Å². The summed E-state index contributed by atoms with van der Waals surface area (Å²) in [5, 5.41) is 3.68. The smallest absolute Gasteiger partial charge is 0.242 e. The highest BCUT2D eigenvalue weighted by Crippen LogP contribution is 2.20. The molecule has 2 aromatic rings. The van der Waals surface area contributed by atoms with Gasteiger partial charge in [-0.3, -0.25) is 9.59 Å². The van der Waals surface area contributed by atoms with Gasteiger partial charge >= 0.3 is 0 Å². The van der Waals surface area contributed by atoms with Gasteiger partial charge in [0.15, 0.2) is 0 Å². The maximum Gasteiger partial charge on any atom is 0.242 e. The van der Waals surface area contributed by atoms with Crippen LogP contribution >= 0.6 is 23.4 Å². The number of amides is 2. The van der Waals surface area contributed by atoms with Crippen molar-refractivity contribution in [2.75, 3.05) is 19.4 Å². The molecule has 1 atom stereocenters. The number of halogens is 1. The van der Waals surface area contributed by atoms with Crippen molar-refractivity contribution in [3.05, 3.63) is 64.7 Å². The first-order chi connectivity index (χ1) is 15.5. The zero-order valence-corrected chi connectivity index (χ0v) is 20.7. The zero-order valence-electron chi connectivity index (χ0n) is 19.1. The predicted octanol–water partition coefficient (Wildman–Crippen LogP) is 5.31. The molecule has 0 aliphatic heterocycles. The third-order valence-corrected chi connectivity index (χ3v) is 6.35. The van der Waals surface area contributed by atoms with Crippen molar-refractivity contribution in [3.63, 3.8) is 0 Å². The lowest BCUT2D eigenvalue weighted by Gasteiger charge is -2.30. The van der Waals surface area contributed by atoms with Crippen LogP contribution in [0.1, 0.15) is 44.2 Å². The number of methoxy groups -OCH3 is 1. The topological polar surface area (TPSA) is 58.6 Å². The van der Waals surface area contributed by atoms with Crippen LogP contribution in [-0.2, 0) is 21.9 Å². The predicted molar refractivity (Wildman–Crippen MR) is 133 cm³/mol. The van der Waals surface area contributed by atoms with E-state index in [-0.39, 0.29) is 11.8 Å². The van der Waals surface area contributed by atoms with Gasteiger partial charge in [-0.1, -0.05) is 56.1 Å². The largest absolute Gasteiger partial charge is 0.497 e. The second-order valence-electron chi connectivity index (χ2n) is 7.56. The SMILES string of the molecule is CCCCNC(=O)[C@@H](CC)N(Cc1cccc(OC)c1)C(=O)CSCc1ccc(Cl)cc1. The van der Waals surface area contributed by atoms with E-state index in [4.69, 9.17) is 16.3 Å². The second-order valence-corrected chi connectivity index (χ2v) is 8.98. The van der Waals surface area contributed by atoms with Gasteiger partial charge in [0, 0.05) is 23.9 Å². The number of hydrogen-bond acceptors (Lipinski definition) is 4. The Balaban J connectivity index is 2.12. The standard InChI is InChI=1S/C25H33ClN2O3S/c1-4-6-14-27-25(30)23(5-2)28(16-20-8-7-9-22(15-20)31-3)24(29)18-32-17-19-10-12-21(26)13-11-19/h7-13,15,23H,4-6,14,16-18H2,1-3H3,(H,27,30)/t23-/m1/s1. The molecule has 1 N–H and O–H groups in total. The molecule has 32 heavy (non-hydrogen) atoms. The Morgan fingerprint density at radius 2 is 1.88 bits per heavy atom. The Kier molecular flexibility index (Phi) is 11.5. The van der Waals surface area contributed by atoms with Gasteiger partial charge in [0.05, 0.1) is 12.9 Å². The van der Waals surface area contributed by atoms with E-state index in [0.717, 1.165) is 29.7 Å². The molecule has 0 fully saturated rings. The lowest BCUT2D eigenvalue weighted by atomic mass is 10.1. The first-order valence-electron chi connectivity index (χ1n) is 11.0. The van der Waals surface area contributed by atoms with Crippen molar-refractivity contribution in [2.45, 2.75) is 51.4 Å². The Morgan fingerprint density at radius 1 is 1.12 bits per heavy atom. The number of nitrogens with zero attached hydrogens (tertiary/aromatic N) is 1. The van der Waals surface area contributed by atoms with Crippen molar-refractivity contribution in [1.29, 1.82) is 0 Å². The van der Waals surface area contributed by atoms with E-state index in [2.05, 4.69) is 12.2 Å². The molecule has 0 aromatic heterocycles. The molecular formula is C25H33ClN2O3S. The van der Waals surface area contributed by atoms with Crippen LogP contribution in [0.15, 0.2) is 48.5 Å². The molecule has 0 unspecified atom stereocenters. The number of rotatable bonds is 13. The highest BCUT2D eigenvalue weighted by molar-refractivity contribution is 7.99. The van der Waals surface area contributed by atoms with Crippen LogP contribution in [0.25, 0.3) is 0 Å². The molecule has 2 aromatic carbocycles. The third-order valence-electron chi connectivity index (χ3n) is 5.11. The van der Waals surface area contributed by atoms with Crippen LogP contribution in [0.5, 0.6) is 5.75 Å². The summed E-state index contributed by atoms with van der Waals surface area (Å²) in [6.45, 7) is 5.01. The Hall–Kier alpha value is -2.18. The summed E-state index contributed by atoms with van der Waals surface area (Å²) in [7, 11) is 1.62. The Bertz CT molecular complexity index is 861. The lowest BCUT2D eigenvalue weighted by molar-refractivity contribution is -0.139. The van der Waals surface area contributed by atoms with E-state index in [1.165, 1.54) is 11.8 Å². The molecular weight excluding hydrogens is 444 g/mol. The monoisotopic (exact) mass is 476 g/mol. The molecule has 174 valence electrons.